The maximum absolute atomic E-state index is 5.97. The van der Waals surface area contributed by atoms with Crippen molar-refractivity contribution in [2.45, 2.75) is 52.9 Å². The Morgan fingerprint density at radius 2 is 0.841 bits per heavy atom. The molecule has 0 heterocycles. The highest BCUT2D eigenvalue weighted by atomic mass is 16.6. The quantitative estimate of drug-likeness (QED) is 0.0955. The Morgan fingerprint density at radius 3 is 1.25 bits per heavy atom. The first-order valence-corrected chi connectivity index (χ1v) is 16.6. The highest BCUT2D eigenvalue weighted by molar-refractivity contribution is 5.33. The Labute approximate surface area is 267 Å². The number of rotatable bonds is 35. The molecule has 0 unspecified atom stereocenters. The second kappa shape index (κ2) is 33.0. The molecule has 0 aliphatic heterocycles. The van der Waals surface area contributed by atoms with Crippen molar-refractivity contribution in [1.29, 1.82) is 0 Å². The van der Waals surface area contributed by atoms with Gasteiger partial charge in [-0.25, -0.2) is 0 Å². The zero-order chi connectivity index (χ0) is 31.6. The molecular formula is C34H62O10. The second-order valence-electron chi connectivity index (χ2n) is 10.5. The maximum Gasteiger partial charge on any atom is 0.122 e. The summed E-state index contributed by atoms with van der Waals surface area (Å²) in [5, 5.41) is 0. The fourth-order valence-electron chi connectivity index (χ4n) is 4.01. The highest BCUT2D eigenvalue weighted by Crippen LogP contribution is 2.21. The van der Waals surface area contributed by atoms with Crippen LogP contribution in [0.4, 0.5) is 0 Å². The van der Waals surface area contributed by atoms with E-state index in [0.717, 1.165) is 18.1 Å². The minimum atomic E-state index is 0.525. The van der Waals surface area contributed by atoms with Crippen LogP contribution in [0.15, 0.2) is 24.3 Å². The molecule has 0 radical (unpaired) electrons. The van der Waals surface area contributed by atoms with Crippen molar-refractivity contribution < 1.29 is 47.4 Å². The van der Waals surface area contributed by atoms with Crippen molar-refractivity contribution in [2.75, 3.05) is 126 Å². The minimum absolute atomic E-state index is 0.525. The fourth-order valence-corrected chi connectivity index (χ4v) is 4.01. The van der Waals surface area contributed by atoms with Crippen LogP contribution in [0.25, 0.3) is 0 Å². The minimum Gasteiger partial charge on any atom is -0.491 e. The zero-order valence-corrected chi connectivity index (χ0v) is 27.9. The third-order valence-corrected chi connectivity index (χ3v) is 6.37. The van der Waals surface area contributed by atoms with Gasteiger partial charge < -0.3 is 47.4 Å². The maximum atomic E-state index is 5.97. The summed E-state index contributed by atoms with van der Waals surface area (Å²) in [7, 11) is 0. The average molecular weight is 631 g/mol. The van der Waals surface area contributed by atoms with Crippen LogP contribution in [-0.4, -0.2) is 126 Å². The Morgan fingerprint density at radius 1 is 0.455 bits per heavy atom. The molecule has 10 nitrogen and oxygen atoms in total. The number of para-hydroxylation sites is 1. The molecule has 0 aromatic heterocycles. The van der Waals surface area contributed by atoms with E-state index in [4.69, 9.17) is 47.4 Å². The van der Waals surface area contributed by atoms with Crippen molar-refractivity contribution >= 4 is 0 Å². The van der Waals surface area contributed by atoms with Crippen LogP contribution < -0.4 is 4.74 Å². The summed E-state index contributed by atoms with van der Waals surface area (Å²) in [4.78, 5) is 0. The molecule has 1 aromatic rings. The van der Waals surface area contributed by atoms with Gasteiger partial charge in [-0.1, -0.05) is 51.3 Å². The molecule has 0 aliphatic carbocycles. The SMILES string of the molecule is CCOCCOCCOCCOCCOCCOCCOCCOCCOCCOc1ccccc1CCCCCC(C)C. The largest absolute Gasteiger partial charge is 0.491 e. The monoisotopic (exact) mass is 630 g/mol. The number of hydrogen-bond acceptors (Lipinski definition) is 10. The number of ether oxygens (including phenoxy) is 10. The van der Waals surface area contributed by atoms with E-state index in [1.165, 1.54) is 31.2 Å². The number of hydrogen-bond donors (Lipinski definition) is 0. The van der Waals surface area contributed by atoms with Crippen molar-refractivity contribution in [3.8, 4) is 5.75 Å². The van der Waals surface area contributed by atoms with E-state index in [-0.39, 0.29) is 0 Å². The third kappa shape index (κ3) is 28.2. The summed E-state index contributed by atoms with van der Waals surface area (Å²) in [6, 6.07) is 8.32. The molecular weight excluding hydrogens is 568 g/mol. The fraction of sp³-hybridized carbons (Fsp3) is 0.824. The van der Waals surface area contributed by atoms with E-state index >= 15 is 0 Å². The molecule has 0 atom stereocenters. The van der Waals surface area contributed by atoms with Crippen molar-refractivity contribution in [3.63, 3.8) is 0 Å². The Kier molecular flexibility index (Phi) is 30.5. The summed E-state index contributed by atoms with van der Waals surface area (Å²) >= 11 is 0. The summed E-state index contributed by atoms with van der Waals surface area (Å²) in [6.07, 6.45) is 6.15. The van der Waals surface area contributed by atoms with Crippen LogP contribution in [0, 0.1) is 5.92 Å². The topological polar surface area (TPSA) is 92.3 Å². The first-order chi connectivity index (χ1) is 21.7. The van der Waals surface area contributed by atoms with Crippen LogP contribution in [0.5, 0.6) is 5.75 Å². The van der Waals surface area contributed by atoms with Crippen LogP contribution in [0.3, 0.4) is 0 Å². The van der Waals surface area contributed by atoms with Crippen molar-refractivity contribution in [3.05, 3.63) is 29.8 Å². The van der Waals surface area contributed by atoms with Gasteiger partial charge in [0.25, 0.3) is 0 Å². The lowest BCUT2D eigenvalue weighted by Crippen LogP contribution is -2.15. The third-order valence-electron chi connectivity index (χ3n) is 6.37. The van der Waals surface area contributed by atoms with Gasteiger partial charge in [0.05, 0.1) is 112 Å². The molecule has 0 amide bonds. The van der Waals surface area contributed by atoms with Gasteiger partial charge in [0.2, 0.25) is 0 Å². The molecule has 0 fully saturated rings. The molecule has 258 valence electrons. The molecule has 0 N–H and O–H groups in total. The van der Waals surface area contributed by atoms with E-state index in [1.807, 2.05) is 19.1 Å². The molecule has 10 heteroatoms. The molecule has 1 aromatic carbocycles. The Balaban J connectivity index is 1.76. The molecule has 0 spiro atoms. The smallest absolute Gasteiger partial charge is 0.122 e. The van der Waals surface area contributed by atoms with Crippen LogP contribution >= 0.6 is 0 Å². The van der Waals surface area contributed by atoms with Gasteiger partial charge in [-0.15, -0.1) is 0 Å². The number of benzene rings is 1. The predicted octanol–water partition coefficient (Wildman–Crippen LogP) is 4.99. The Hall–Kier alpha value is -1.34. The summed E-state index contributed by atoms with van der Waals surface area (Å²) in [6.45, 7) is 17.0. The zero-order valence-electron chi connectivity index (χ0n) is 27.9. The van der Waals surface area contributed by atoms with E-state index in [1.54, 1.807) is 0 Å². The normalized spacial score (nSPS) is 11.5. The van der Waals surface area contributed by atoms with Gasteiger partial charge in [0.15, 0.2) is 0 Å². The average Bonchev–Trinajstić information content (AvgIpc) is 3.02. The first kappa shape index (κ1) is 40.7. The first-order valence-electron chi connectivity index (χ1n) is 16.6. The Bertz CT molecular complexity index is 706. The molecule has 1 rings (SSSR count). The standard InChI is InChI=1S/C34H62O10/c1-4-35-14-15-36-16-17-37-18-19-38-20-21-39-22-23-40-24-25-41-26-27-42-28-29-43-30-31-44-34-13-9-8-12-33(34)11-7-5-6-10-32(2)3/h8-9,12-13,32H,4-7,10-11,14-31H2,1-3H3. The van der Waals surface area contributed by atoms with Crippen molar-refractivity contribution in [1.82, 2.24) is 0 Å². The van der Waals surface area contributed by atoms with Gasteiger partial charge in [-0.2, -0.15) is 0 Å². The van der Waals surface area contributed by atoms with Gasteiger partial charge >= 0.3 is 0 Å². The lowest BCUT2D eigenvalue weighted by Gasteiger charge is -2.12. The predicted molar refractivity (Wildman–Crippen MR) is 172 cm³/mol. The van der Waals surface area contributed by atoms with E-state index in [2.05, 4.69) is 26.0 Å². The van der Waals surface area contributed by atoms with E-state index in [0.29, 0.717) is 126 Å². The summed E-state index contributed by atoms with van der Waals surface area (Å²) < 4.78 is 55.1. The summed E-state index contributed by atoms with van der Waals surface area (Å²) in [5.74, 6) is 1.76. The second-order valence-corrected chi connectivity index (χ2v) is 10.5. The molecule has 0 aliphatic rings. The van der Waals surface area contributed by atoms with E-state index < -0.39 is 0 Å². The molecule has 44 heavy (non-hydrogen) atoms. The number of unbranched alkanes of at least 4 members (excludes halogenated alkanes) is 2. The summed E-state index contributed by atoms with van der Waals surface area (Å²) in [5.41, 5.74) is 1.28. The van der Waals surface area contributed by atoms with E-state index in [9.17, 15) is 0 Å². The lowest BCUT2D eigenvalue weighted by molar-refractivity contribution is -0.0252. The van der Waals surface area contributed by atoms with Gasteiger partial charge in [-0.3, -0.25) is 0 Å². The highest BCUT2D eigenvalue weighted by Gasteiger charge is 2.04. The molecule has 0 saturated carbocycles. The number of aryl methyl sites for hydroxylation is 1. The van der Waals surface area contributed by atoms with Gasteiger partial charge in [0, 0.05) is 6.61 Å². The van der Waals surface area contributed by atoms with Gasteiger partial charge in [-0.05, 0) is 37.3 Å². The van der Waals surface area contributed by atoms with Crippen LogP contribution in [0.1, 0.15) is 52.0 Å². The van der Waals surface area contributed by atoms with Crippen LogP contribution in [0.2, 0.25) is 0 Å². The lowest BCUT2D eigenvalue weighted by atomic mass is 10.0. The molecule has 0 saturated heterocycles. The van der Waals surface area contributed by atoms with Crippen molar-refractivity contribution in [2.24, 2.45) is 5.92 Å². The molecule has 0 bridgehead atoms. The van der Waals surface area contributed by atoms with Crippen LogP contribution in [-0.2, 0) is 49.1 Å². The van der Waals surface area contributed by atoms with Gasteiger partial charge in [0.1, 0.15) is 12.4 Å².